The Bertz CT molecular complexity index is 1480. The van der Waals surface area contributed by atoms with E-state index in [9.17, 15) is 27.6 Å². The highest BCUT2D eigenvalue weighted by Gasteiger charge is 2.41. The van der Waals surface area contributed by atoms with E-state index in [1.165, 1.54) is 32.9 Å². The van der Waals surface area contributed by atoms with Crippen LogP contribution in [0.3, 0.4) is 0 Å². The highest BCUT2D eigenvalue weighted by atomic mass is 35.5. The van der Waals surface area contributed by atoms with Gasteiger partial charge in [0.2, 0.25) is 5.91 Å². The molecule has 0 bridgehead atoms. The SMILES string of the molecule is C[C@@H]1CC(N)=C(C2=N[C@H](C(=O)N(C)C)CN([C@@H](C)c3ccc(C(F)(F)F)nc3)C2=O)CN1C(=O)c1ccc(Cl)c(Cl)c1. The molecule has 224 valence electrons. The number of carbonyl (C=O) groups is 3. The number of aliphatic imine (C=N–C) groups is 1. The van der Waals surface area contributed by atoms with Gasteiger partial charge in [0.05, 0.1) is 29.2 Å². The third-order valence-electron chi connectivity index (χ3n) is 7.35. The van der Waals surface area contributed by atoms with Crippen molar-refractivity contribution in [2.75, 3.05) is 27.2 Å². The predicted octanol–water partition coefficient (Wildman–Crippen LogP) is 4.36. The third kappa shape index (κ3) is 6.24. The number of alkyl halides is 3. The molecule has 0 aliphatic carbocycles. The minimum absolute atomic E-state index is 0.0659. The second-order valence-electron chi connectivity index (χ2n) is 10.5. The van der Waals surface area contributed by atoms with Crippen molar-refractivity contribution in [1.82, 2.24) is 19.7 Å². The number of nitrogens with zero attached hydrogens (tertiary/aromatic N) is 5. The first-order valence-corrected chi connectivity index (χ1v) is 13.7. The average molecular weight is 625 g/mol. The van der Waals surface area contributed by atoms with Crippen molar-refractivity contribution in [3.8, 4) is 0 Å². The number of hydrogen-bond donors (Lipinski definition) is 1. The monoisotopic (exact) mass is 624 g/mol. The summed E-state index contributed by atoms with van der Waals surface area (Å²) in [6, 6.07) is 4.51. The maximum atomic E-state index is 13.9. The number of hydrogen-bond acceptors (Lipinski definition) is 6. The van der Waals surface area contributed by atoms with Crippen LogP contribution in [-0.4, -0.2) is 82.4 Å². The summed E-state index contributed by atoms with van der Waals surface area (Å²) < 4.78 is 39.2. The molecular formula is C28H29Cl2F3N6O3. The zero-order valence-electron chi connectivity index (χ0n) is 23.2. The fourth-order valence-electron chi connectivity index (χ4n) is 4.90. The summed E-state index contributed by atoms with van der Waals surface area (Å²) in [5, 5.41) is 0.502. The maximum Gasteiger partial charge on any atom is 0.433 e. The van der Waals surface area contributed by atoms with E-state index in [1.807, 2.05) is 6.92 Å². The highest BCUT2D eigenvalue weighted by molar-refractivity contribution is 6.46. The van der Waals surface area contributed by atoms with Crippen LogP contribution in [0.15, 0.2) is 52.8 Å². The van der Waals surface area contributed by atoms with Crippen molar-refractivity contribution in [2.24, 2.45) is 10.7 Å². The summed E-state index contributed by atoms with van der Waals surface area (Å²) >= 11 is 12.1. The van der Waals surface area contributed by atoms with Crippen molar-refractivity contribution < 1.29 is 27.6 Å². The molecule has 0 saturated heterocycles. The van der Waals surface area contributed by atoms with E-state index in [0.29, 0.717) is 27.4 Å². The minimum Gasteiger partial charge on any atom is -0.402 e. The van der Waals surface area contributed by atoms with E-state index in [2.05, 4.69) is 9.98 Å². The molecule has 3 heterocycles. The quantitative estimate of drug-likeness (QED) is 0.531. The number of nitrogens with two attached hydrogens (primary N) is 1. The molecule has 3 amide bonds. The predicted molar refractivity (Wildman–Crippen MR) is 152 cm³/mol. The molecule has 2 aromatic rings. The average Bonchev–Trinajstić information content (AvgIpc) is 2.93. The van der Waals surface area contributed by atoms with E-state index in [-0.39, 0.29) is 48.1 Å². The zero-order chi connectivity index (χ0) is 31.1. The van der Waals surface area contributed by atoms with Crippen molar-refractivity contribution in [2.45, 2.75) is 44.6 Å². The van der Waals surface area contributed by atoms with Gasteiger partial charge in [0.1, 0.15) is 17.4 Å². The fraction of sp³-hybridized carbons (Fsp3) is 0.393. The number of amides is 3. The van der Waals surface area contributed by atoms with Crippen LogP contribution < -0.4 is 5.73 Å². The van der Waals surface area contributed by atoms with Crippen LogP contribution in [0.25, 0.3) is 0 Å². The lowest BCUT2D eigenvalue weighted by Crippen LogP contribution is -2.54. The molecule has 3 atom stereocenters. The molecule has 2 N–H and O–H groups in total. The molecule has 14 heteroatoms. The summed E-state index contributed by atoms with van der Waals surface area (Å²) in [5.41, 5.74) is 6.54. The Balaban J connectivity index is 1.70. The molecule has 1 aromatic carbocycles. The van der Waals surface area contributed by atoms with Gasteiger partial charge in [-0.3, -0.25) is 24.4 Å². The molecule has 1 aromatic heterocycles. The van der Waals surface area contributed by atoms with Crippen LogP contribution in [0.1, 0.15) is 47.9 Å². The van der Waals surface area contributed by atoms with Gasteiger partial charge in [-0.05, 0) is 43.7 Å². The molecule has 0 fully saturated rings. The maximum absolute atomic E-state index is 13.9. The number of aromatic nitrogens is 1. The summed E-state index contributed by atoms with van der Waals surface area (Å²) in [6.45, 7) is 3.26. The number of likely N-dealkylation sites (N-methyl/N-ethyl adjacent to an activating group) is 1. The van der Waals surface area contributed by atoms with E-state index in [0.717, 1.165) is 12.3 Å². The van der Waals surface area contributed by atoms with Crippen LogP contribution in [0, 0.1) is 0 Å². The third-order valence-corrected chi connectivity index (χ3v) is 8.09. The van der Waals surface area contributed by atoms with Gasteiger partial charge in [-0.25, -0.2) is 0 Å². The van der Waals surface area contributed by atoms with Crippen LogP contribution >= 0.6 is 23.2 Å². The van der Waals surface area contributed by atoms with Crippen molar-refractivity contribution in [3.05, 3.63) is 74.7 Å². The van der Waals surface area contributed by atoms with Gasteiger partial charge in [-0.1, -0.05) is 29.3 Å². The first-order chi connectivity index (χ1) is 19.6. The van der Waals surface area contributed by atoms with Gasteiger partial charge >= 0.3 is 6.18 Å². The Kier molecular flexibility index (Phi) is 8.89. The van der Waals surface area contributed by atoms with Gasteiger partial charge in [-0.2, -0.15) is 13.2 Å². The normalized spacial score (nSPS) is 20.4. The van der Waals surface area contributed by atoms with E-state index in [1.54, 1.807) is 27.1 Å². The second-order valence-corrected chi connectivity index (χ2v) is 11.3. The van der Waals surface area contributed by atoms with Gasteiger partial charge in [0.15, 0.2) is 0 Å². The first kappa shape index (κ1) is 31.3. The Morgan fingerprint density at radius 2 is 1.83 bits per heavy atom. The van der Waals surface area contributed by atoms with E-state index < -0.39 is 29.9 Å². The summed E-state index contributed by atoms with van der Waals surface area (Å²) in [4.78, 5) is 52.7. The number of halogens is 5. The Morgan fingerprint density at radius 3 is 2.40 bits per heavy atom. The van der Waals surface area contributed by atoms with Crippen LogP contribution in [0.5, 0.6) is 0 Å². The topological polar surface area (TPSA) is 112 Å². The lowest BCUT2D eigenvalue weighted by atomic mass is 9.93. The summed E-state index contributed by atoms with van der Waals surface area (Å²) in [6.07, 6.45) is -3.32. The largest absolute Gasteiger partial charge is 0.433 e. The summed E-state index contributed by atoms with van der Waals surface area (Å²) in [7, 11) is 3.10. The lowest BCUT2D eigenvalue weighted by molar-refractivity contribution is -0.141. The molecule has 9 nitrogen and oxygen atoms in total. The Morgan fingerprint density at radius 1 is 1.14 bits per heavy atom. The summed E-state index contributed by atoms with van der Waals surface area (Å²) in [5.74, 6) is -1.31. The molecule has 2 aliphatic rings. The van der Waals surface area contributed by atoms with Crippen LogP contribution in [-0.2, 0) is 15.8 Å². The Labute approximate surface area is 250 Å². The highest BCUT2D eigenvalue weighted by Crippen LogP contribution is 2.32. The first-order valence-electron chi connectivity index (χ1n) is 13.0. The molecule has 0 radical (unpaired) electrons. The zero-order valence-corrected chi connectivity index (χ0v) is 24.8. The van der Waals surface area contributed by atoms with E-state index >= 15 is 0 Å². The molecule has 2 aliphatic heterocycles. The van der Waals surface area contributed by atoms with Crippen LogP contribution in [0.2, 0.25) is 10.0 Å². The van der Waals surface area contributed by atoms with Gasteiger partial charge in [0.25, 0.3) is 11.8 Å². The van der Waals surface area contributed by atoms with Crippen molar-refractivity contribution in [3.63, 3.8) is 0 Å². The van der Waals surface area contributed by atoms with Gasteiger partial charge in [-0.15, -0.1) is 0 Å². The molecular weight excluding hydrogens is 596 g/mol. The second kappa shape index (κ2) is 11.9. The van der Waals surface area contributed by atoms with Gasteiger partial charge in [0, 0.05) is 49.6 Å². The fourth-order valence-corrected chi connectivity index (χ4v) is 5.20. The molecule has 0 saturated carbocycles. The molecule has 0 spiro atoms. The van der Waals surface area contributed by atoms with E-state index in [4.69, 9.17) is 28.9 Å². The number of carbonyl (C=O) groups excluding carboxylic acids is 3. The number of rotatable bonds is 5. The van der Waals surface area contributed by atoms with Crippen molar-refractivity contribution in [1.29, 1.82) is 0 Å². The smallest absolute Gasteiger partial charge is 0.402 e. The molecule has 42 heavy (non-hydrogen) atoms. The standard InChI is InChI=1S/C28H29Cl2F3N6O3/c1-14-9-21(34)18(12-38(14)25(40)16-5-7-19(29)20(30)10-16)24-27(42)39(13-22(36-24)26(41)37(3)4)15(2)17-6-8-23(35-11-17)28(31,32)33/h5-8,10-11,14-15,22H,9,12-13,34H2,1-4H3/t14-,15+,22+/m1/s1. The molecule has 0 unspecified atom stereocenters. The van der Waals surface area contributed by atoms with Crippen LogP contribution in [0.4, 0.5) is 13.2 Å². The number of pyridine rings is 1. The molecule has 4 rings (SSSR count). The van der Waals surface area contributed by atoms with Gasteiger partial charge < -0.3 is 20.4 Å². The minimum atomic E-state index is -4.62. The Hall–Kier alpha value is -3.64. The lowest BCUT2D eigenvalue weighted by Gasteiger charge is -2.39. The number of benzene rings is 1. The van der Waals surface area contributed by atoms with Crippen molar-refractivity contribution >= 4 is 46.6 Å².